The van der Waals surface area contributed by atoms with Crippen LogP contribution in [0.3, 0.4) is 0 Å². The summed E-state index contributed by atoms with van der Waals surface area (Å²) in [5, 5.41) is 0.365. The zero-order chi connectivity index (χ0) is 28.9. The highest BCUT2D eigenvalue weighted by molar-refractivity contribution is 7.91. The minimum atomic E-state index is -3.82. The average Bonchev–Trinajstić information content (AvgIpc) is 3.37. The molecule has 0 N–H and O–H groups in total. The largest absolute Gasteiger partial charge is 0.379 e. The molecule has 13 heteroatoms. The van der Waals surface area contributed by atoms with Gasteiger partial charge in [-0.1, -0.05) is 29.6 Å². The highest BCUT2D eigenvalue weighted by Crippen LogP contribution is 2.33. The van der Waals surface area contributed by atoms with Gasteiger partial charge < -0.3 is 4.74 Å². The highest BCUT2D eigenvalue weighted by Gasteiger charge is 2.26. The van der Waals surface area contributed by atoms with Crippen LogP contribution in [0.2, 0.25) is 0 Å². The van der Waals surface area contributed by atoms with E-state index < -0.39 is 19.9 Å². The number of benzene rings is 2. The number of sulfonamides is 1. The molecule has 214 valence electrons. The molecule has 3 aromatic rings. The second-order valence-corrected chi connectivity index (χ2v) is 14.1. The van der Waals surface area contributed by atoms with E-state index >= 15 is 0 Å². The number of carbonyl (C=O) groups is 1. The fourth-order valence-corrected chi connectivity index (χ4v) is 7.61. The van der Waals surface area contributed by atoms with Crippen LogP contribution in [0.15, 0.2) is 77.6 Å². The number of carbonyl (C=O) groups excluding carboxylic acids is 1. The van der Waals surface area contributed by atoms with E-state index in [0.717, 1.165) is 19.3 Å². The van der Waals surface area contributed by atoms with Gasteiger partial charge in [0.1, 0.15) is 5.52 Å². The molecule has 1 aliphatic heterocycles. The van der Waals surface area contributed by atoms with Crippen molar-refractivity contribution in [3.05, 3.63) is 73.3 Å². The number of hydrogen-bond donors (Lipinski definition) is 0. The summed E-state index contributed by atoms with van der Waals surface area (Å²) in [6, 6.07) is 10.7. The number of morpholine rings is 1. The Hall–Kier alpha value is -2.94. The predicted octanol–water partition coefficient (Wildman–Crippen LogP) is 3.04. The number of hydrogen-bond acceptors (Lipinski definition) is 9. The first-order valence-corrected chi connectivity index (χ1v) is 16.7. The number of anilines is 1. The zero-order valence-corrected chi connectivity index (χ0v) is 24.7. The van der Waals surface area contributed by atoms with Gasteiger partial charge in [-0.2, -0.15) is 4.31 Å². The summed E-state index contributed by atoms with van der Waals surface area (Å²) in [7, 11) is -7.35. The summed E-state index contributed by atoms with van der Waals surface area (Å²) in [5.74, 6) is -0.369. The summed E-state index contributed by atoms with van der Waals surface area (Å²) in [5.41, 5.74) is 0.600. The third-order valence-electron chi connectivity index (χ3n) is 6.39. The van der Waals surface area contributed by atoms with Gasteiger partial charge in [0.05, 0.1) is 27.7 Å². The number of fused-ring (bicyclic) bond motifs is 1. The van der Waals surface area contributed by atoms with E-state index in [2.05, 4.69) is 23.0 Å². The molecule has 0 aliphatic carbocycles. The van der Waals surface area contributed by atoms with E-state index in [1.54, 1.807) is 12.1 Å². The Morgan fingerprint density at radius 1 is 1.05 bits per heavy atom. The van der Waals surface area contributed by atoms with Crippen molar-refractivity contribution < 1.29 is 26.4 Å². The molecule has 1 amide bonds. The van der Waals surface area contributed by atoms with Crippen LogP contribution in [0.25, 0.3) is 10.2 Å². The molecule has 1 saturated heterocycles. The first kappa shape index (κ1) is 30.0. The minimum absolute atomic E-state index is 0.0467. The van der Waals surface area contributed by atoms with Gasteiger partial charge in [-0.25, -0.2) is 21.8 Å². The van der Waals surface area contributed by atoms with E-state index in [1.807, 2.05) is 0 Å². The van der Waals surface area contributed by atoms with Crippen LogP contribution >= 0.6 is 11.3 Å². The number of amides is 1. The number of thiazole rings is 1. The summed E-state index contributed by atoms with van der Waals surface area (Å²) >= 11 is 1.23. The Morgan fingerprint density at radius 3 is 2.30 bits per heavy atom. The van der Waals surface area contributed by atoms with Crippen LogP contribution in [-0.2, 0) is 24.6 Å². The maximum Gasteiger partial charge on any atom is 0.260 e. The lowest BCUT2D eigenvalue weighted by molar-refractivity contribution is 0.0391. The molecule has 0 spiro atoms. The predicted molar refractivity (Wildman–Crippen MR) is 157 cm³/mol. The molecule has 4 rings (SSSR count). The second kappa shape index (κ2) is 12.7. The SMILES string of the molecule is C=CCN(CC=C)S(=O)(=O)c1ccc(C(=O)N(CCN2CCOCC2)c2nc3c(S(C)(=O)=O)cccc3s2)cc1. The van der Waals surface area contributed by atoms with Crippen LogP contribution < -0.4 is 4.90 Å². The summed E-state index contributed by atoms with van der Waals surface area (Å²) < 4.78 is 58.2. The normalized spacial score (nSPS) is 14.8. The van der Waals surface area contributed by atoms with Gasteiger partial charge in [-0.05, 0) is 36.4 Å². The Labute approximate surface area is 239 Å². The highest BCUT2D eigenvalue weighted by atomic mass is 32.2. The summed E-state index contributed by atoms with van der Waals surface area (Å²) in [6.45, 7) is 11.0. The zero-order valence-electron chi connectivity index (χ0n) is 22.2. The maximum atomic E-state index is 13.8. The van der Waals surface area contributed by atoms with Crippen molar-refractivity contribution in [2.24, 2.45) is 0 Å². The van der Waals surface area contributed by atoms with Crippen molar-refractivity contribution in [1.29, 1.82) is 0 Å². The van der Waals surface area contributed by atoms with Gasteiger partial charge in [0, 0.05) is 51.1 Å². The van der Waals surface area contributed by atoms with Gasteiger partial charge in [0.25, 0.3) is 5.91 Å². The number of nitrogens with zero attached hydrogens (tertiary/aromatic N) is 4. The Balaban J connectivity index is 1.68. The molecule has 1 aliphatic rings. The lowest BCUT2D eigenvalue weighted by Crippen LogP contribution is -2.43. The third kappa shape index (κ3) is 6.67. The van der Waals surface area contributed by atoms with Crippen molar-refractivity contribution in [3.63, 3.8) is 0 Å². The number of rotatable bonds is 12. The number of ether oxygens (including phenoxy) is 1. The van der Waals surface area contributed by atoms with Crippen LogP contribution in [0.4, 0.5) is 5.13 Å². The number of aromatic nitrogens is 1. The molecule has 2 heterocycles. The van der Waals surface area contributed by atoms with Crippen LogP contribution in [0, 0.1) is 0 Å². The van der Waals surface area contributed by atoms with Crippen LogP contribution in [-0.4, -0.2) is 95.7 Å². The van der Waals surface area contributed by atoms with Crippen molar-refractivity contribution in [2.45, 2.75) is 9.79 Å². The minimum Gasteiger partial charge on any atom is -0.379 e. The summed E-state index contributed by atoms with van der Waals surface area (Å²) in [4.78, 5) is 22.3. The number of para-hydroxylation sites is 1. The van der Waals surface area contributed by atoms with Crippen molar-refractivity contribution >= 4 is 52.5 Å². The van der Waals surface area contributed by atoms with Gasteiger partial charge in [0.2, 0.25) is 10.0 Å². The van der Waals surface area contributed by atoms with E-state index in [1.165, 1.54) is 63.0 Å². The molecular weight excluding hydrogens is 573 g/mol. The first-order chi connectivity index (χ1) is 19.1. The lowest BCUT2D eigenvalue weighted by Gasteiger charge is -2.29. The fraction of sp³-hybridized carbons (Fsp3) is 0.333. The molecule has 10 nitrogen and oxygen atoms in total. The Bertz CT molecular complexity index is 1580. The Morgan fingerprint density at radius 2 is 1.70 bits per heavy atom. The maximum absolute atomic E-state index is 13.8. The molecule has 40 heavy (non-hydrogen) atoms. The van der Waals surface area contributed by atoms with Crippen molar-refractivity contribution in [3.8, 4) is 0 Å². The molecule has 0 saturated carbocycles. The topological polar surface area (TPSA) is 117 Å². The molecule has 1 aromatic heterocycles. The quantitative estimate of drug-likeness (QED) is 0.290. The molecule has 0 radical (unpaired) electrons. The second-order valence-electron chi connectivity index (χ2n) is 9.21. The monoisotopic (exact) mass is 604 g/mol. The Kier molecular flexibility index (Phi) is 9.54. The molecule has 0 unspecified atom stereocenters. The van der Waals surface area contributed by atoms with Gasteiger partial charge in [0.15, 0.2) is 15.0 Å². The molecule has 0 bridgehead atoms. The van der Waals surface area contributed by atoms with E-state index in [-0.39, 0.29) is 34.4 Å². The molecule has 1 fully saturated rings. The first-order valence-electron chi connectivity index (χ1n) is 12.6. The van der Waals surface area contributed by atoms with Crippen LogP contribution in [0.1, 0.15) is 10.4 Å². The van der Waals surface area contributed by atoms with Crippen molar-refractivity contribution in [1.82, 2.24) is 14.2 Å². The molecule has 0 atom stereocenters. The van der Waals surface area contributed by atoms with Gasteiger partial charge >= 0.3 is 0 Å². The lowest BCUT2D eigenvalue weighted by atomic mass is 10.2. The van der Waals surface area contributed by atoms with E-state index in [0.29, 0.717) is 41.7 Å². The average molecular weight is 605 g/mol. The van der Waals surface area contributed by atoms with Gasteiger partial charge in [-0.15, -0.1) is 13.2 Å². The van der Waals surface area contributed by atoms with Crippen molar-refractivity contribution in [2.75, 3.05) is 63.6 Å². The fourth-order valence-electron chi connectivity index (χ4n) is 4.31. The van der Waals surface area contributed by atoms with E-state index in [4.69, 9.17) is 4.74 Å². The molecule has 2 aromatic carbocycles. The smallest absolute Gasteiger partial charge is 0.260 e. The third-order valence-corrected chi connectivity index (χ3v) is 10.4. The molecular formula is C27H32N4O6S3. The van der Waals surface area contributed by atoms with Gasteiger partial charge in [-0.3, -0.25) is 14.6 Å². The van der Waals surface area contributed by atoms with E-state index in [9.17, 15) is 21.6 Å². The summed E-state index contributed by atoms with van der Waals surface area (Å²) in [6.07, 6.45) is 4.12. The van der Waals surface area contributed by atoms with Crippen LogP contribution in [0.5, 0.6) is 0 Å². The standard InChI is InChI=1S/C27H32N4O6S3/c1-4-13-30(14-5-2)40(35,36)22-11-9-21(10-12-22)26(32)31(16-15-29-17-19-37-20-18-29)27-28-25-23(38-27)7-6-8-24(25)39(3,33)34/h4-12H,1-2,13-20H2,3H3. The number of sulfone groups is 1.